The van der Waals surface area contributed by atoms with Crippen LogP contribution in [0.5, 0.6) is 0 Å². The normalized spacial score (nSPS) is 23.5. The number of fused-ring (bicyclic) bond motifs is 1. The number of nitrogens with one attached hydrogen (secondary N) is 2. The van der Waals surface area contributed by atoms with Crippen LogP contribution < -0.4 is 4.72 Å². The van der Waals surface area contributed by atoms with Crippen LogP contribution in [0.2, 0.25) is 0 Å². The van der Waals surface area contributed by atoms with Crippen molar-refractivity contribution in [2.24, 2.45) is 5.92 Å². The molecule has 0 atom stereocenters. The van der Waals surface area contributed by atoms with E-state index in [0.29, 0.717) is 23.5 Å². The molecule has 2 aromatic heterocycles. The van der Waals surface area contributed by atoms with Gasteiger partial charge in [-0.05, 0) is 43.7 Å². The molecule has 0 radical (unpaired) electrons. The first kappa shape index (κ1) is 14.5. The average molecular weight is 309 g/mol. The Morgan fingerprint density at radius 2 is 2.10 bits per heavy atom. The SMILES string of the molecule is O=S(=O)(NCC1CCC(O)CC1)c1c[nH]c2ncccc12. The van der Waals surface area contributed by atoms with Crippen LogP contribution in [0.1, 0.15) is 25.7 Å². The van der Waals surface area contributed by atoms with Crippen molar-refractivity contribution < 1.29 is 13.5 Å². The van der Waals surface area contributed by atoms with Gasteiger partial charge in [-0.25, -0.2) is 18.1 Å². The molecule has 6 nitrogen and oxygen atoms in total. The van der Waals surface area contributed by atoms with Crippen LogP contribution >= 0.6 is 0 Å². The summed E-state index contributed by atoms with van der Waals surface area (Å²) in [6.45, 7) is 0.419. The summed E-state index contributed by atoms with van der Waals surface area (Å²) in [6, 6.07) is 3.46. The Kier molecular flexibility index (Phi) is 3.97. The fourth-order valence-electron chi connectivity index (χ4n) is 2.81. The van der Waals surface area contributed by atoms with E-state index in [2.05, 4.69) is 14.7 Å². The second-order valence-corrected chi connectivity index (χ2v) is 7.31. The zero-order valence-corrected chi connectivity index (χ0v) is 12.4. The van der Waals surface area contributed by atoms with Gasteiger partial charge in [0.15, 0.2) is 0 Å². The van der Waals surface area contributed by atoms with Crippen LogP contribution in [0.25, 0.3) is 11.0 Å². The summed E-state index contributed by atoms with van der Waals surface area (Å²) in [6.07, 6.45) is 6.10. The first-order chi connectivity index (χ1) is 10.1. The van der Waals surface area contributed by atoms with Crippen LogP contribution in [-0.2, 0) is 10.0 Å². The molecule has 1 saturated carbocycles. The molecule has 114 valence electrons. The molecule has 0 unspecified atom stereocenters. The lowest BCUT2D eigenvalue weighted by atomic mass is 9.88. The number of H-pyrrole nitrogens is 1. The maximum atomic E-state index is 12.4. The molecule has 0 amide bonds. The van der Waals surface area contributed by atoms with E-state index in [0.717, 1.165) is 25.7 Å². The molecule has 3 rings (SSSR count). The fourth-order valence-corrected chi connectivity index (χ4v) is 4.09. The molecule has 3 N–H and O–H groups in total. The third-order valence-electron chi connectivity index (χ3n) is 4.08. The van der Waals surface area contributed by atoms with Gasteiger partial charge in [0.25, 0.3) is 0 Å². The number of hydrogen-bond donors (Lipinski definition) is 3. The summed E-state index contributed by atoms with van der Waals surface area (Å²) >= 11 is 0. The standard InChI is InChI=1S/C14H19N3O3S/c18-11-5-3-10(4-6-11)8-17-21(19,20)13-9-16-14-12(13)2-1-7-15-14/h1-2,7,9-11,17-18H,3-6,8H2,(H,15,16). The van der Waals surface area contributed by atoms with Gasteiger partial charge < -0.3 is 10.1 Å². The molecule has 7 heteroatoms. The minimum absolute atomic E-state index is 0.224. The van der Waals surface area contributed by atoms with Gasteiger partial charge in [-0.1, -0.05) is 0 Å². The van der Waals surface area contributed by atoms with Gasteiger partial charge in [0.05, 0.1) is 6.10 Å². The zero-order chi connectivity index (χ0) is 14.9. The molecule has 2 aromatic rings. The van der Waals surface area contributed by atoms with Crippen LogP contribution in [-0.4, -0.2) is 36.1 Å². The van der Waals surface area contributed by atoms with Crippen molar-refractivity contribution in [1.29, 1.82) is 0 Å². The number of hydrogen-bond acceptors (Lipinski definition) is 4. The van der Waals surface area contributed by atoms with Crippen LogP contribution in [0.15, 0.2) is 29.4 Å². The van der Waals surface area contributed by atoms with Gasteiger partial charge in [-0.15, -0.1) is 0 Å². The Bertz CT molecular complexity index is 718. The van der Waals surface area contributed by atoms with Crippen molar-refractivity contribution in [3.8, 4) is 0 Å². The molecule has 0 bridgehead atoms. The third kappa shape index (κ3) is 3.09. The predicted octanol–water partition coefficient (Wildman–Crippen LogP) is 1.39. The Morgan fingerprint density at radius 1 is 1.33 bits per heavy atom. The first-order valence-electron chi connectivity index (χ1n) is 7.16. The lowest BCUT2D eigenvalue weighted by Gasteiger charge is -2.25. The van der Waals surface area contributed by atoms with Crippen LogP contribution in [0, 0.1) is 5.92 Å². The highest BCUT2D eigenvalue weighted by Crippen LogP contribution is 2.25. The molecular formula is C14H19N3O3S. The minimum atomic E-state index is -3.54. The highest BCUT2D eigenvalue weighted by Gasteiger charge is 2.23. The molecule has 0 aromatic carbocycles. The maximum Gasteiger partial charge on any atom is 0.242 e. The van der Waals surface area contributed by atoms with Gasteiger partial charge in [0.2, 0.25) is 10.0 Å². The van der Waals surface area contributed by atoms with E-state index >= 15 is 0 Å². The topological polar surface area (TPSA) is 95.1 Å². The quantitative estimate of drug-likeness (QED) is 0.795. The highest BCUT2D eigenvalue weighted by molar-refractivity contribution is 7.89. The molecule has 21 heavy (non-hydrogen) atoms. The molecule has 1 fully saturated rings. The van der Waals surface area contributed by atoms with Gasteiger partial charge in [0, 0.05) is 24.3 Å². The van der Waals surface area contributed by atoms with Crippen molar-refractivity contribution in [1.82, 2.24) is 14.7 Å². The Balaban J connectivity index is 1.72. The average Bonchev–Trinajstić information content (AvgIpc) is 2.91. The van der Waals surface area contributed by atoms with E-state index in [4.69, 9.17) is 0 Å². The Morgan fingerprint density at radius 3 is 2.86 bits per heavy atom. The predicted molar refractivity (Wildman–Crippen MR) is 79.2 cm³/mol. The number of aromatic amines is 1. The number of aliphatic hydroxyl groups excluding tert-OH is 1. The van der Waals surface area contributed by atoms with Crippen LogP contribution in [0.3, 0.4) is 0 Å². The number of rotatable bonds is 4. The largest absolute Gasteiger partial charge is 0.393 e. The molecule has 0 spiro atoms. The monoisotopic (exact) mass is 309 g/mol. The van der Waals surface area contributed by atoms with E-state index in [1.807, 2.05) is 0 Å². The van der Waals surface area contributed by atoms with E-state index in [1.165, 1.54) is 6.20 Å². The van der Waals surface area contributed by atoms with Crippen molar-refractivity contribution in [3.63, 3.8) is 0 Å². The fraction of sp³-hybridized carbons (Fsp3) is 0.500. The third-order valence-corrected chi connectivity index (χ3v) is 5.54. The van der Waals surface area contributed by atoms with Gasteiger partial charge >= 0.3 is 0 Å². The Labute approximate surface area is 123 Å². The second-order valence-electron chi connectivity index (χ2n) is 5.58. The molecule has 2 heterocycles. The molecule has 1 aliphatic carbocycles. The van der Waals surface area contributed by atoms with Crippen LogP contribution in [0.4, 0.5) is 0 Å². The number of aromatic nitrogens is 2. The van der Waals surface area contributed by atoms with E-state index < -0.39 is 10.0 Å². The molecule has 1 aliphatic rings. The highest BCUT2D eigenvalue weighted by atomic mass is 32.2. The summed E-state index contributed by atoms with van der Waals surface area (Å²) in [4.78, 5) is 7.21. The van der Waals surface area contributed by atoms with Crippen molar-refractivity contribution >= 4 is 21.1 Å². The van der Waals surface area contributed by atoms with E-state index in [-0.39, 0.29) is 11.0 Å². The maximum absolute atomic E-state index is 12.4. The number of aliphatic hydroxyl groups is 1. The minimum Gasteiger partial charge on any atom is -0.393 e. The summed E-state index contributed by atoms with van der Waals surface area (Å²) in [5.41, 5.74) is 0.568. The number of nitrogens with zero attached hydrogens (tertiary/aromatic N) is 1. The lowest BCUT2D eigenvalue weighted by Crippen LogP contribution is -2.32. The summed E-state index contributed by atoms with van der Waals surface area (Å²) in [5, 5.41) is 10.1. The molecule has 0 saturated heterocycles. The van der Waals surface area contributed by atoms with Gasteiger partial charge in [-0.3, -0.25) is 0 Å². The summed E-state index contributed by atoms with van der Waals surface area (Å²) in [5.74, 6) is 0.298. The van der Waals surface area contributed by atoms with Gasteiger partial charge in [0.1, 0.15) is 10.5 Å². The number of sulfonamides is 1. The van der Waals surface area contributed by atoms with Crippen molar-refractivity contribution in [3.05, 3.63) is 24.5 Å². The van der Waals surface area contributed by atoms with Crippen molar-refractivity contribution in [2.45, 2.75) is 36.7 Å². The molecule has 0 aliphatic heterocycles. The van der Waals surface area contributed by atoms with Crippen molar-refractivity contribution in [2.75, 3.05) is 6.54 Å². The van der Waals surface area contributed by atoms with Gasteiger partial charge in [-0.2, -0.15) is 0 Å². The number of pyridine rings is 1. The summed E-state index contributed by atoms with van der Waals surface area (Å²) in [7, 11) is -3.54. The zero-order valence-electron chi connectivity index (χ0n) is 11.6. The van der Waals surface area contributed by atoms with E-state index in [1.54, 1.807) is 18.3 Å². The molecular weight excluding hydrogens is 290 g/mol. The Hall–Kier alpha value is -1.44. The van der Waals surface area contributed by atoms with E-state index in [9.17, 15) is 13.5 Å². The lowest BCUT2D eigenvalue weighted by molar-refractivity contribution is 0.110. The first-order valence-corrected chi connectivity index (χ1v) is 8.64. The second kappa shape index (κ2) is 5.75. The summed E-state index contributed by atoms with van der Waals surface area (Å²) < 4.78 is 27.5. The smallest absolute Gasteiger partial charge is 0.242 e.